The zero-order valence-electron chi connectivity index (χ0n) is 7.85. The molecule has 2 heterocycles. The van der Waals surface area contributed by atoms with Crippen molar-refractivity contribution < 1.29 is 9.18 Å². The quantitative estimate of drug-likeness (QED) is 0.633. The van der Waals surface area contributed by atoms with E-state index in [0.29, 0.717) is 13.0 Å². The van der Waals surface area contributed by atoms with Crippen LogP contribution in [0.1, 0.15) is 12.8 Å². The predicted octanol–water partition coefficient (Wildman–Crippen LogP) is 0.166. The van der Waals surface area contributed by atoms with Crippen LogP contribution in [0.3, 0.4) is 0 Å². The summed E-state index contributed by atoms with van der Waals surface area (Å²) in [4.78, 5) is 13.2. The molecule has 2 aliphatic rings. The highest BCUT2D eigenvalue weighted by Gasteiger charge is 2.51. The maximum absolute atomic E-state index is 13.0. The van der Waals surface area contributed by atoms with E-state index in [1.165, 1.54) is 0 Å². The summed E-state index contributed by atoms with van der Waals surface area (Å²) < 4.78 is 13.0. The Bertz CT molecular complexity index is 234. The highest BCUT2D eigenvalue weighted by Crippen LogP contribution is 2.40. The van der Waals surface area contributed by atoms with E-state index in [1.54, 1.807) is 11.9 Å². The van der Waals surface area contributed by atoms with Gasteiger partial charge in [0.25, 0.3) is 0 Å². The van der Waals surface area contributed by atoms with Crippen LogP contribution in [0, 0.1) is 5.41 Å². The van der Waals surface area contributed by atoms with E-state index in [0.717, 1.165) is 13.0 Å². The van der Waals surface area contributed by atoms with Gasteiger partial charge in [-0.3, -0.25) is 9.18 Å². The molecule has 2 aliphatic heterocycles. The van der Waals surface area contributed by atoms with Gasteiger partial charge in [0.05, 0.1) is 6.67 Å². The fraction of sp³-hybridized carbons (Fsp3) is 0.889. The highest BCUT2D eigenvalue weighted by atomic mass is 19.1. The van der Waals surface area contributed by atoms with Gasteiger partial charge in [-0.05, 0) is 13.0 Å². The van der Waals surface area contributed by atoms with E-state index >= 15 is 0 Å². The van der Waals surface area contributed by atoms with E-state index in [9.17, 15) is 9.18 Å². The standard InChI is InChI=1S/C9H15FN2O/c1-12-7-2-3-11-6-9(7,5-10)4-8(12)13/h7,11H,2-6H2,1H3. The summed E-state index contributed by atoms with van der Waals surface area (Å²) in [5.74, 6) is 0.0892. The largest absolute Gasteiger partial charge is 0.342 e. The van der Waals surface area contributed by atoms with Crippen LogP contribution in [0.15, 0.2) is 0 Å². The van der Waals surface area contributed by atoms with Gasteiger partial charge in [-0.15, -0.1) is 0 Å². The Hall–Kier alpha value is -0.640. The topological polar surface area (TPSA) is 32.3 Å². The third-order valence-electron chi connectivity index (χ3n) is 3.41. The van der Waals surface area contributed by atoms with Crippen molar-refractivity contribution in [1.82, 2.24) is 10.2 Å². The lowest BCUT2D eigenvalue weighted by Gasteiger charge is -2.38. The average Bonchev–Trinajstić information content (AvgIpc) is 2.41. The number of carbonyl (C=O) groups is 1. The van der Waals surface area contributed by atoms with E-state index in [-0.39, 0.29) is 18.6 Å². The third-order valence-corrected chi connectivity index (χ3v) is 3.41. The van der Waals surface area contributed by atoms with Gasteiger partial charge in [-0.25, -0.2) is 0 Å². The number of nitrogens with zero attached hydrogens (tertiary/aromatic N) is 1. The summed E-state index contributed by atoms with van der Waals surface area (Å²) in [5.41, 5.74) is -0.427. The minimum Gasteiger partial charge on any atom is -0.342 e. The fourth-order valence-corrected chi connectivity index (χ4v) is 2.57. The summed E-state index contributed by atoms with van der Waals surface area (Å²) in [6, 6.07) is 0.117. The molecule has 0 saturated carbocycles. The predicted molar refractivity (Wildman–Crippen MR) is 47.1 cm³/mol. The molecule has 2 atom stereocenters. The van der Waals surface area contributed by atoms with Gasteiger partial charge in [0.1, 0.15) is 0 Å². The van der Waals surface area contributed by atoms with Crippen LogP contribution in [0.4, 0.5) is 4.39 Å². The zero-order chi connectivity index (χ0) is 9.47. The molecular formula is C9H15FN2O. The molecule has 1 amide bonds. The summed E-state index contributed by atoms with van der Waals surface area (Å²) in [5, 5.41) is 3.17. The number of amides is 1. The molecule has 3 nitrogen and oxygen atoms in total. The number of carbonyl (C=O) groups excluding carboxylic acids is 1. The molecule has 1 N–H and O–H groups in total. The Morgan fingerprint density at radius 1 is 1.77 bits per heavy atom. The number of hydrogen-bond donors (Lipinski definition) is 1. The molecule has 74 valence electrons. The smallest absolute Gasteiger partial charge is 0.223 e. The van der Waals surface area contributed by atoms with Gasteiger partial charge < -0.3 is 10.2 Å². The lowest BCUT2D eigenvalue weighted by molar-refractivity contribution is -0.127. The molecule has 0 spiro atoms. The van der Waals surface area contributed by atoms with Gasteiger partial charge in [0.2, 0.25) is 5.91 Å². The molecule has 2 saturated heterocycles. The number of hydrogen-bond acceptors (Lipinski definition) is 2. The number of halogens is 1. The van der Waals surface area contributed by atoms with Gasteiger partial charge in [-0.1, -0.05) is 0 Å². The molecule has 0 aliphatic carbocycles. The van der Waals surface area contributed by atoms with Crippen molar-refractivity contribution in [3.8, 4) is 0 Å². The van der Waals surface area contributed by atoms with Crippen LogP contribution in [0.2, 0.25) is 0 Å². The highest BCUT2D eigenvalue weighted by molar-refractivity contribution is 5.80. The molecule has 4 heteroatoms. The van der Waals surface area contributed by atoms with E-state index in [1.807, 2.05) is 0 Å². The number of piperidine rings is 1. The Morgan fingerprint density at radius 2 is 2.54 bits per heavy atom. The molecule has 13 heavy (non-hydrogen) atoms. The first-order chi connectivity index (χ1) is 6.19. The summed E-state index contributed by atoms with van der Waals surface area (Å²) in [6.45, 7) is 1.15. The maximum Gasteiger partial charge on any atom is 0.223 e. The van der Waals surface area contributed by atoms with Gasteiger partial charge >= 0.3 is 0 Å². The first-order valence-electron chi connectivity index (χ1n) is 4.72. The Balaban J connectivity index is 2.26. The number of likely N-dealkylation sites (tertiary alicyclic amines) is 1. The van der Waals surface area contributed by atoms with Gasteiger partial charge in [0, 0.05) is 31.5 Å². The number of fused-ring (bicyclic) bond motifs is 1. The second kappa shape index (κ2) is 2.94. The van der Waals surface area contributed by atoms with Crippen molar-refractivity contribution in [2.24, 2.45) is 5.41 Å². The van der Waals surface area contributed by atoms with Crippen molar-refractivity contribution >= 4 is 5.91 Å². The lowest BCUT2D eigenvalue weighted by atomic mass is 9.77. The van der Waals surface area contributed by atoms with Crippen molar-refractivity contribution in [1.29, 1.82) is 0 Å². The minimum atomic E-state index is -0.427. The average molecular weight is 186 g/mol. The molecule has 2 fully saturated rings. The van der Waals surface area contributed by atoms with E-state index in [4.69, 9.17) is 0 Å². The van der Waals surface area contributed by atoms with Crippen LogP contribution >= 0.6 is 0 Å². The molecule has 0 bridgehead atoms. The van der Waals surface area contributed by atoms with Crippen LogP contribution in [0.5, 0.6) is 0 Å². The normalized spacial score (nSPS) is 39.4. The number of rotatable bonds is 1. The maximum atomic E-state index is 13.0. The number of nitrogens with one attached hydrogen (secondary N) is 1. The van der Waals surface area contributed by atoms with Crippen LogP contribution in [-0.4, -0.2) is 43.7 Å². The first kappa shape index (κ1) is 8.94. The Labute approximate surface area is 77.3 Å². The van der Waals surface area contributed by atoms with Crippen molar-refractivity contribution in [3.05, 3.63) is 0 Å². The fourth-order valence-electron chi connectivity index (χ4n) is 2.57. The van der Waals surface area contributed by atoms with Crippen molar-refractivity contribution in [2.45, 2.75) is 18.9 Å². The van der Waals surface area contributed by atoms with Crippen LogP contribution in [0.25, 0.3) is 0 Å². The summed E-state index contributed by atoms with van der Waals surface area (Å²) in [6.07, 6.45) is 1.25. The molecule has 0 aromatic rings. The summed E-state index contributed by atoms with van der Waals surface area (Å²) >= 11 is 0. The monoisotopic (exact) mass is 186 g/mol. The second-order valence-corrected chi connectivity index (χ2v) is 4.16. The molecule has 0 aromatic carbocycles. The SMILES string of the molecule is CN1C(=O)CC2(CF)CNCCC12. The molecule has 0 aromatic heterocycles. The zero-order valence-corrected chi connectivity index (χ0v) is 7.85. The van der Waals surface area contributed by atoms with Crippen LogP contribution in [-0.2, 0) is 4.79 Å². The van der Waals surface area contributed by atoms with Gasteiger partial charge in [-0.2, -0.15) is 0 Å². The second-order valence-electron chi connectivity index (χ2n) is 4.16. The van der Waals surface area contributed by atoms with Crippen LogP contribution < -0.4 is 5.32 Å². The summed E-state index contributed by atoms with van der Waals surface area (Å²) in [7, 11) is 1.79. The minimum absolute atomic E-state index is 0.0892. The van der Waals surface area contributed by atoms with E-state index < -0.39 is 5.41 Å². The third kappa shape index (κ3) is 1.15. The Morgan fingerprint density at radius 3 is 3.15 bits per heavy atom. The molecular weight excluding hydrogens is 171 g/mol. The molecule has 0 radical (unpaired) electrons. The van der Waals surface area contributed by atoms with Crippen molar-refractivity contribution in [2.75, 3.05) is 26.8 Å². The van der Waals surface area contributed by atoms with Gasteiger partial charge in [0.15, 0.2) is 0 Å². The first-order valence-corrected chi connectivity index (χ1v) is 4.72. The molecule has 2 unspecified atom stereocenters. The number of alkyl halides is 1. The Kier molecular flexibility index (Phi) is 2.02. The van der Waals surface area contributed by atoms with E-state index in [2.05, 4.69) is 5.32 Å². The lowest BCUT2D eigenvalue weighted by Crippen LogP contribution is -2.51. The molecule has 2 rings (SSSR count). The van der Waals surface area contributed by atoms with Crippen molar-refractivity contribution in [3.63, 3.8) is 0 Å².